The van der Waals surface area contributed by atoms with E-state index in [1.165, 1.54) is 54.7 Å². The van der Waals surface area contributed by atoms with E-state index < -0.39 is 24.0 Å². The van der Waals surface area contributed by atoms with Gasteiger partial charge in [-0.25, -0.2) is 0 Å². The van der Waals surface area contributed by atoms with Crippen LogP contribution in [0.1, 0.15) is 28.9 Å². The number of carbonyl (C=O) groups is 1. The van der Waals surface area contributed by atoms with Crippen molar-refractivity contribution in [3.05, 3.63) is 71.3 Å². The molecule has 0 saturated carbocycles. The minimum Gasteiger partial charge on any atom is -0.493 e. The highest BCUT2D eigenvalue weighted by Crippen LogP contribution is 2.47. The van der Waals surface area contributed by atoms with E-state index in [9.17, 15) is 9.90 Å². The summed E-state index contributed by atoms with van der Waals surface area (Å²) in [5, 5.41) is 12.2. The molecular weight excluding hydrogens is 610 g/mol. The van der Waals surface area contributed by atoms with Crippen LogP contribution in [0.5, 0.6) is 34.5 Å². The van der Waals surface area contributed by atoms with Gasteiger partial charge in [0.1, 0.15) is 6.79 Å². The Morgan fingerprint density at radius 3 is 1.64 bits per heavy atom. The molecule has 258 valence electrons. The normalized spacial score (nSPS) is 13.6. The summed E-state index contributed by atoms with van der Waals surface area (Å²) in [6.07, 6.45) is -2.25. The van der Waals surface area contributed by atoms with Crippen molar-refractivity contribution in [1.29, 1.82) is 0 Å². The number of amides is 1. The van der Waals surface area contributed by atoms with Gasteiger partial charge < -0.3 is 52.6 Å². The van der Waals surface area contributed by atoms with E-state index >= 15 is 0 Å². The third kappa shape index (κ3) is 8.98. The number of ether oxygens (including phenoxy) is 9. The topological polar surface area (TPSA) is 124 Å². The number of hydrogen-bond donors (Lipinski definition) is 1. The molecule has 0 spiro atoms. The van der Waals surface area contributed by atoms with Gasteiger partial charge >= 0.3 is 0 Å². The van der Waals surface area contributed by atoms with Crippen molar-refractivity contribution < 1.29 is 52.5 Å². The second-order valence-corrected chi connectivity index (χ2v) is 10.8. The Balaban J connectivity index is 2.26. The van der Waals surface area contributed by atoms with E-state index in [2.05, 4.69) is 0 Å². The summed E-state index contributed by atoms with van der Waals surface area (Å²) in [5.41, 5.74) is 1.88. The van der Waals surface area contributed by atoms with Crippen LogP contribution < -0.4 is 28.4 Å². The molecule has 0 aliphatic rings. The number of carbonyl (C=O) groups excluding carboxylic acids is 1. The zero-order valence-electron chi connectivity index (χ0n) is 28.6. The molecule has 0 aliphatic carbocycles. The second kappa shape index (κ2) is 18.2. The lowest BCUT2D eigenvalue weighted by atomic mass is 9.78. The summed E-state index contributed by atoms with van der Waals surface area (Å²) >= 11 is 0. The molecule has 47 heavy (non-hydrogen) atoms. The van der Waals surface area contributed by atoms with E-state index in [0.717, 1.165) is 5.56 Å². The Kier molecular flexibility index (Phi) is 14.4. The van der Waals surface area contributed by atoms with E-state index in [1.54, 1.807) is 38.4 Å². The van der Waals surface area contributed by atoms with Gasteiger partial charge in [-0.2, -0.15) is 0 Å². The standard InChI is InChI=1S/C35H47NO11/c1-36(2)35(38)30(32(47-21-39-3)24-17-28(42-6)34(45-9)29(18-24)43-7)25(20-46-19-22-13-11-10-12-14-22)31(37)23-15-26(40-4)33(44-8)27(16-23)41-5/h10-18,25,30-32,37H,19-21H2,1-9H3/t25-,30+,31-,32?/m1/s1. The predicted molar refractivity (Wildman–Crippen MR) is 175 cm³/mol. The summed E-state index contributed by atoms with van der Waals surface area (Å²) in [4.78, 5) is 15.7. The number of hydrogen-bond acceptors (Lipinski definition) is 11. The van der Waals surface area contributed by atoms with Crippen molar-refractivity contribution in [2.75, 3.05) is 77.3 Å². The maximum Gasteiger partial charge on any atom is 0.228 e. The summed E-state index contributed by atoms with van der Waals surface area (Å²) in [6.45, 7) is 0.0562. The molecule has 3 rings (SSSR count). The molecule has 0 fully saturated rings. The maximum absolute atomic E-state index is 14.3. The van der Waals surface area contributed by atoms with E-state index in [1.807, 2.05) is 30.3 Å². The van der Waals surface area contributed by atoms with Gasteiger partial charge in [-0.05, 0) is 41.0 Å². The number of aliphatic hydroxyl groups excluding tert-OH is 1. The van der Waals surface area contributed by atoms with Crippen molar-refractivity contribution in [2.45, 2.75) is 18.8 Å². The summed E-state index contributed by atoms with van der Waals surface area (Å²) in [6, 6.07) is 16.4. The lowest BCUT2D eigenvalue weighted by Crippen LogP contribution is -2.43. The van der Waals surface area contributed by atoms with Gasteiger partial charge in [-0.1, -0.05) is 30.3 Å². The molecule has 12 heteroatoms. The van der Waals surface area contributed by atoms with E-state index in [-0.39, 0.29) is 25.9 Å². The fourth-order valence-corrected chi connectivity index (χ4v) is 5.45. The highest BCUT2D eigenvalue weighted by molar-refractivity contribution is 5.80. The van der Waals surface area contributed by atoms with Crippen LogP contribution in [-0.4, -0.2) is 93.2 Å². The molecule has 0 heterocycles. The van der Waals surface area contributed by atoms with Crippen LogP contribution in [0.3, 0.4) is 0 Å². The first-order valence-electron chi connectivity index (χ1n) is 14.9. The number of nitrogens with zero attached hydrogens (tertiary/aromatic N) is 1. The Hall–Kier alpha value is -4.23. The Morgan fingerprint density at radius 2 is 1.21 bits per heavy atom. The van der Waals surface area contributed by atoms with Crippen LogP contribution in [0.25, 0.3) is 0 Å². The lowest BCUT2D eigenvalue weighted by molar-refractivity contribution is -0.158. The highest BCUT2D eigenvalue weighted by atomic mass is 16.7. The van der Waals surface area contributed by atoms with Crippen LogP contribution in [-0.2, 0) is 25.6 Å². The monoisotopic (exact) mass is 657 g/mol. The zero-order valence-corrected chi connectivity index (χ0v) is 28.6. The van der Waals surface area contributed by atoms with Crippen LogP contribution >= 0.6 is 0 Å². The van der Waals surface area contributed by atoms with Crippen molar-refractivity contribution in [1.82, 2.24) is 4.90 Å². The van der Waals surface area contributed by atoms with Gasteiger partial charge in [-0.3, -0.25) is 4.79 Å². The Bertz CT molecular complexity index is 1370. The van der Waals surface area contributed by atoms with Crippen molar-refractivity contribution in [3.8, 4) is 34.5 Å². The number of aliphatic hydroxyl groups is 1. The molecular formula is C35H47NO11. The largest absolute Gasteiger partial charge is 0.493 e. The molecule has 1 unspecified atom stereocenters. The number of benzene rings is 3. The SMILES string of the molecule is COCOC(c1cc(OC)c(OC)c(OC)c1)[C@@H](C(=O)N(C)C)[C@@H](COCc1ccccc1)[C@H](O)c1cc(OC)c(OC)c(OC)c1. The smallest absolute Gasteiger partial charge is 0.228 e. The van der Waals surface area contributed by atoms with Crippen LogP contribution in [0.15, 0.2) is 54.6 Å². The zero-order chi connectivity index (χ0) is 34.5. The highest BCUT2D eigenvalue weighted by Gasteiger charge is 2.43. The van der Waals surface area contributed by atoms with Gasteiger partial charge in [0.05, 0.1) is 74.0 Å². The molecule has 12 nitrogen and oxygen atoms in total. The quantitative estimate of drug-likeness (QED) is 0.181. The van der Waals surface area contributed by atoms with Crippen molar-refractivity contribution >= 4 is 5.91 Å². The fraction of sp³-hybridized carbons (Fsp3) is 0.457. The third-order valence-corrected chi connectivity index (χ3v) is 7.75. The lowest BCUT2D eigenvalue weighted by Gasteiger charge is -2.37. The van der Waals surface area contributed by atoms with Crippen molar-refractivity contribution in [3.63, 3.8) is 0 Å². The van der Waals surface area contributed by atoms with Gasteiger partial charge in [0.15, 0.2) is 23.0 Å². The Labute approximate surface area is 276 Å². The molecule has 0 radical (unpaired) electrons. The minimum atomic E-state index is -1.27. The van der Waals surface area contributed by atoms with Crippen LogP contribution in [0.2, 0.25) is 0 Å². The van der Waals surface area contributed by atoms with E-state index in [4.69, 9.17) is 42.6 Å². The fourth-order valence-electron chi connectivity index (χ4n) is 5.45. The summed E-state index contributed by atoms with van der Waals surface area (Å²) in [5.74, 6) is -0.0570. The average Bonchev–Trinajstić information content (AvgIpc) is 3.10. The summed E-state index contributed by atoms with van der Waals surface area (Å²) in [7, 11) is 13.8. The van der Waals surface area contributed by atoms with Gasteiger partial charge in [0, 0.05) is 27.1 Å². The first-order chi connectivity index (χ1) is 22.7. The predicted octanol–water partition coefficient (Wildman–Crippen LogP) is 4.67. The molecule has 4 atom stereocenters. The molecule has 0 aliphatic heterocycles. The molecule has 1 N–H and O–H groups in total. The van der Waals surface area contributed by atoms with Crippen molar-refractivity contribution in [2.24, 2.45) is 11.8 Å². The number of methoxy groups -OCH3 is 7. The van der Waals surface area contributed by atoms with E-state index in [0.29, 0.717) is 45.6 Å². The van der Waals surface area contributed by atoms with Gasteiger partial charge in [0.25, 0.3) is 0 Å². The van der Waals surface area contributed by atoms with Crippen LogP contribution in [0, 0.1) is 11.8 Å². The first kappa shape index (κ1) is 37.2. The second-order valence-electron chi connectivity index (χ2n) is 10.8. The Morgan fingerprint density at radius 1 is 0.723 bits per heavy atom. The number of rotatable bonds is 19. The van der Waals surface area contributed by atoms with Gasteiger partial charge in [-0.15, -0.1) is 0 Å². The molecule has 0 bridgehead atoms. The first-order valence-corrected chi connectivity index (χ1v) is 14.9. The average molecular weight is 658 g/mol. The van der Waals surface area contributed by atoms with Crippen LogP contribution in [0.4, 0.5) is 0 Å². The van der Waals surface area contributed by atoms with Gasteiger partial charge in [0.2, 0.25) is 17.4 Å². The molecule has 1 amide bonds. The molecule has 3 aromatic carbocycles. The summed E-state index contributed by atoms with van der Waals surface area (Å²) < 4.78 is 51.3. The molecule has 3 aromatic rings. The maximum atomic E-state index is 14.3. The third-order valence-electron chi connectivity index (χ3n) is 7.75. The minimum absolute atomic E-state index is 0.0335. The molecule has 0 saturated heterocycles. The molecule has 0 aromatic heterocycles.